The number of hydrogen-bond donors (Lipinski definition) is 3. The lowest BCUT2D eigenvalue weighted by Crippen LogP contribution is -2.36. The molecule has 1 atom stereocenters. The number of H-pyrrole nitrogens is 1. The number of benzene rings is 1. The second kappa shape index (κ2) is 9.15. The number of nitrogens with zero attached hydrogens (tertiary/aromatic N) is 6. The maximum atomic E-state index is 5.73. The lowest BCUT2D eigenvalue weighted by Gasteiger charge is -2.30. The number of aryl methyl sites for hydroxylation is 1. The fraction of sp³-hybridized carbons (Fsp3) is 0.360. The lowest BCUT2D eigenvalue weighted by atomic mass is 10.0. The minimum absolute atomic E-state index is 0.124. The van der Waals surface area contributed by atoms with Crippen molar-refractivity contribution in [3.63, 3.8) is 0 Å². The quantitative estimate of drug-likeness (QED) is 0.377. The molecule has 6 rings (SSSR count). The first-order valence-corrected chi connectivity index (χ1v) is 12.1. The number of aromatic amines is 1. The molecule has 11 nitrogen and oxygen atoms in total. The Morgan fingerprint density at radius 3 is 2.75 bits per heavy atom. The second-order valence-electron chi connectivity index (χ2n) is 8.97. The first-order valence-electron chi connectivity index (χ1n) is 12.1. The number of hydrogen-bond acceptors (Lipinski definition) is 9. The number of ether oxygens (including phenoxy) is 2. The number of imidazole rings is 1. The van der Waals surface area contributed by atoms with Gasteiger partial charge < -0.3 is 30.0 Å². The molecule has 2 aliphatic heterocycles. The van der Waals surface area contributed by atoms with Crippen LogP contribution in [0.5, 0.6) is 5.75 Å². The summed E-state index contributed by atoms with van der Waals surface area (Å²) in [6.45, 7) is 5.71. The molecule has 0 aliphatic carbocycles. The van der Waals surface area contributed by atoms with E-state index in [1.54, 1.807) is 19.5 Å². The number of fused-ring (bicyclic) bond motifs is 2. The summed E-state index contributed by atoms with van der Waals surface area (Å²) in [6.07, 6.45) is 5.49. The van der Waals surface area contributed by atoms with Gasteiger partial charge in [0.1, 0.15) is 23.1 Å². The fourth-order valence-corrected chi connectivity index (χ4v) is 4.77. The summed E-state index contributed by atoms with van der Waals surface area (Å²) >= 11 is 0. The van der Waals surface area contributed by atoms with Gasteiger partial charge in [0, 0.05) is 56.9 Å². The number of morpholine rings is 1. The van der Waals surface area contributed by atoms with Crippen LogP contribution in [-0.4, -0.2) is 69.7 Å². The minimum Gasteiger partial charge on any atom is -0.495 e. The van der Waals surface area contributed by atoms with Gasteiger partial charge in [-0.25, -0.2) is 15.0 Å². The van der Waals surface area contributed by atoms with E-state index < -0.39 is 0 Å². The highest BCUT2D eigenvalue weighted by molar-refractivity contribution is 5.97. The molecule has 0 saturated carbocycles. The highest BCUT2D eigenvalue weighted by atomic mass is 16.5. The zero-order chi connectivity index (χ0) is 24.6. The third kappa shape index (κ3) is 4.01. The minimum atomic E-state index is -0.124. The number of methoxy groups -OCH3 is 1. The zero-order valence-corrected chi connectivity index (χ0v) is 20.6. The van der Waals surface area contributed by atoms with Crippen LogP contribution in [0.3, 0.4) is 0 Å². The number of rotatable bonds is 6. The van der Waals surface area contributed by atoms with Gasteiger partial charge >= 0.3 is 0 Å². The van der Waals surface area contributed by atoms with Crippen molar-refractivity contribution in [3.8, 4) is 5.75 Å². The molecule has 3 N–H and O–H groups in total. The van der Waals surface area contributed by atoms with Crippen LogP contribution in [0.1, 0.15) is 30.3 Å². The average Bonchev–Trinajstić information content (AvgIpc) is 3.51. The van der Waals surface area contributed by atoms with E-state index >= 15 is 0 Å². The van der Waals surface area contributed by atoms with E-state index in [9.17, 15) is 0 Å². The average molecular weight is 488 g/mol. The SMILES string of the molecule is COc1cc2nc(C3=C(N[C@@H](C)c4ncccn4)c4nn(C)cc4NC3)[nH]c2cc1N1CCOCC1. The van der Waals surface area contributed by atoms with Crippen molar-refractivity contribution >= 4 is 33.7 Å². The van der Waals surface area contributed by atoms with E-state index in [-0.39, 0.29) is 6.04 Å². The van der Waals surface area contributed by atoms with Gasteiger partial charge in [-0.05, 0) is 19.1 Å². The van der Waals surface area contributed by atoms with Crippen molar-refractivity contribution in [1.29, 1.82) is 0 Å². The monoisotopic (exact) mass is 487 g/mol. The Balaban J connectivity index is 1.44. The van der Waals surface area contributed by atoms with Crippen LogP contribution in [-0.2, 0) is 11.8 Å². The van der Waals surface area contributed by atoms with Crippen LogP contribution >= 0.6 is 0 Å². The number of aromatic nitrogens is 6. The summed E-state index contributed by atoms with van der Waals surface area (Å²) in [4.78, 5) is 19.6. The standard InChI is InChI=1S/C25H29N9O2/c1-15(24-26-5-4-6-27-24)29-22-16(13-28-19-14-33(2)32-23(19)22)25-30-17-11-20(34-7-9-36-10-8-34)21(35-3)12-18(17)31-25/h4-6,11-12,14-15,28-29H,7-10,13H2,1-3H3,(H,30,31)/t15-/m0/s1. The van der Waals surface area contributed by atoms with Crippen molar-refractivity contribution < 1.29 is 9.47 Å². The molecule has 0 spiro atoms. The molecule has 11 heteroatoms. The van der Waals surface area contributed by atoms with Crippen molar-refractivity contribution in [2.45, 2.75) is 13.0 Å². The van der Waals surface area contributed by atoms with Crippen LogP contribution < -0.4 is 20.3 Å². The second-order valence-corrected chi connectivity index (χ2v) is 8.97. The topological polar surface area (TPSA) is 118 Å². The molecule has 0 radical (unpaired) electrons. The predicted molar refractivity (Wildman–Crippen MR) is 138 cm³/mol. The summed E-state index contributed by atoms with van der Waals surface area (Å²) in [5.41, 5.74) is 6.54. The molecule has 4 aromatic rings. The first kappa shape index (κ1) is 22.4. The van der Waals surface area contributed by atoms with Gasteiger partial charge in [-0.1, -0.05) is 0 Å². The molecule has 5 heterocycles. The van der Waals surface area contributed by atoms with Gasteiger partial charge in [-0.15, -0.1) is 0 Å². The lowest BCUT2D eigenvalue weighted by molar-refractivity contribution is 0.122. The van der Waals surface area contributed by atoms with Gasteiger partial charge in [0.2, 0.25) is 0 Å². The first-order chi connectivity index (χ1) is 17.6. The van der Waals surface area contributed by atoms with E-state index in [1.807, 2.05) is 37.0 Å². The predicted octanol–water partition coefficient (Wildman–Crippen LogP) is 2.58. The fourth-order valence-electron chi connectivity index (χ4n) is 4.77. The van der Waals surface area contributed by atoms with E-state index in [4.69, 9.17) is 19.6 Å². The highest BCUT2D eigenvalue weighted by Crippen LogP contribution is 2.37. The molecule has 3 aromatic heterocycles. The molecule has 2 aliphatic rings. The largest absolute Gasteiger partial charge is 0.495 e. The van der Waals surface area contributed by atoms with Crippen LogP contribution in [0.25, 0.3) is 22.3 Å². The maximum Gasteiger partial charge on any atom is 0.150 e. The summed E-state index contributed by atoms with van der Waals surface area (Å²) in [5.74, 6) is 2.29. The van der Waals surface area contributed by atoms with Crippen LogP contribution in [0.2, 0.25) is 0 Å². The summed E-state index contributed by atoms with van der Waals surface area (Å²) in [5, 5.41) is 11.8. The summed E-state index contributed by atoms with van der Waals surface area (Å²) in [6, 6.07) is 5.81. The Kier molecular flexibility index (Phi) is 5.68. The maximum absolute atomic E-state index is 5.73. The Hall–Kier alpha value is -4.12. The van der Waals surface area contributed by atoms with Gasteiger partial charge in [0.25, 0.3) is 0 Å². The zero-order valence-electron chi connectivity index (χ0n) is 20.6. The van der Waals surface area contributed by atoms with E-state index in [0.717, 1.165) is 64.0 Å². The Morgan fingerprint density at radius 2 is 1.97 bits per heavy atom. The molecule has 36 heavy (non-hydrogen) atoms. The summed E-state index contributed by atoms with van der Waals surface area (Å²) < 4.78 is 13.1. The van der Waals surface area contributed by atoms with E-state index in [1.165, 1.54) is 0 Å². The molecular weight excluding hydrogens is 458 g/mol. The molecular formula is C25H29N9O2. The normalized spacial score (nSPS) is 16.6. The Bertz CT molecular complexity index is 1420. The van der Waals surface area contributed by atoms with Crippen molar-refractivity contribution in [2.24, 2.45) is 7.05 Å². The van der Waals surface area contributed by atoms with E-state index in [2.05, 4.69) is 36.6 Å². The van der Waals surface area contributed by atoms with Gasteiger partial charge in [0.15, 0.2) is 0 Å². The van der Waals surface area contributed by atoms with Crippen LogP contribution in [0, 0.1) is 0 Å². The van der Waals surface area contributed by atoms with Crippen LogP contribution in [0.4, 0.5) is 11.4 Å². The molecule has 0 amide bonds. The van der Waals surface area contributed by atoms with Gasteiger partial charge in [0.05, 0.1) is 54.5 Å². The molecule has 0 unspecified atom stereocenters. The van der Waals surface area contributed by atoms with Crippen molar-refractivity contribution in [2.75, 3.05) is 50.2 Å². The number of anilines is 2. The van der Waals surface area contributed by atoms with E-state index in [0.29, 0.717) is 25.6 Å². The Labute approximate surface area is 208 Å². The third-order valence-electron chi connectivity index (χ3n) is 6.58. The molecule has 1 fully saturated rings. The van der Waals surface area contributed by atoms with Gasteiger partial charge in [-0.3, -0.25) is 4.68 Å². The van der Waals surface area contributed by atoms with Crippen molar-refractivity contribution in [1.82, 2.24) is 35.0 Å². The number of nitrogens with one attached hydrogen (secondary N) is 3. The smallest absolute Gasteiger partial charge is 0.150 e. The molecule has 0 bridgehead atoms. The third-order valence-corrected chi connectivity index (χ3v) is 6.58. The Morgan fingerprint density at radius 1 is 1.17 bits per heavy atom. The highest BCUT2D eigenvalue weighted by Gasteiger charge is 2.27. The van der Waals surface area contributed by atoms with Crippen molar-refractivity contribution in [3.05, 3.63) is 54.1 Å². The van der Waals surface area contributed by atoms with Crippen LogP contribution in [0.15, 0.2) is 36.8 Å². The summed E-state index contributed by atoms with van der Waals surface area (Å²) in [7, 11) is 3.62. The molecule has 186 valence electrons. The molecule has 1 aromatic carbocycles. The van der Waals surface area contributed by atoms with Gasteiger partial charge in [-0.2, -0.15) is 5.10 Å². The molecule has 1 saturated heterocycles.